The third-order valence-electron chi connectivity index (χ3n) is 7.97. The van der Waals surface area contributed by atoms with Gasteiger partial charge in [-0.15, -0.1) is 0 Å². The van der Waals surface area contributed by atoms with E-state index in [2.05, 4.69) is 15.3 Å². The van der Waals surface area contributed by atoms with Crippen molar-refractivity contribution < 1.29 is 36.2 Å². The molecule has 0 aliphatic carbocycles. The van der Waals surface area contributed by atoms with E-state index in [0.717, 1.165) is 23.5 Å². The third-order valence-corrected chi connectivity index (χ3v) is 7.97. The second-order valence-corrected chi connectivity index (χ2v) is 10.5. The molecular formula is C27H29F6N5O2. The number of piperidine rings is 2. The van der Waals surface area contributed by atoms with E-state index < -0.39 is 57.5 Å². The monoisotopic (exact) mass is 569 g/mol. The SMILES string of the molecule is Cn1cncc1C(O)(c1ccc2nc(C(F)(F)F)c(C(=O)N3CCCCC3)c(C(F)(F)F)c2c1)C1CCNCC1. The van der Waals surface area contributed by atoms with Crippen LogP contribution in [0.4, 0.5) is 26.3 Å². The first-order chi connectivity index (χ1) is 18.8. The van der Waals surface area contributed by atoms with Crippen molar-refractivity contribution in [2.45, 2.75) is 50.1 Å². The second kappa shape index (κ2) is 10.3. The van der Waals surface area contributed by atoms with E-state index in [-0.39, 0.29) is 18.7 Å². The van der Waals surface area contributed by atoms with Gasteiger partial charge >= 0.3 is 12.4 Å². The van der Waals surface area contributed by atoms with Crippen LogP contribution in [0.15, 0.2) is 30.7 Å². The molecular weight excluding hydrogens is 540 g/mol. The number of likely N-dealkylation sites (tertiary alicyclic amines) is 1. The van der Waals surface area contributed by atoms with Crippen LogP contribution in [0.1, 0.15) is 65.0 Å². The lowest BCUT2D eigenvalue weighted by Crippen LogP contribution is -2.43. The Labute approximate surface area is 226 Å². The zero-order chi connectivity index (χ0) is 28.9. The number of pyridine rings is 1. The Hall–Kier alpha value is -3.19. The number of fused-ring (bicyclic) bond motifs is 1. The van der Waals surface area contributed by atoms with Crippen LogP contribution < -0.4 is 5.32 Å². The number of hydrogen-bond donors (Lipinski definition) is 2. The number of nitrogens with one attached hydrogen (secondary N) is 1. The van der Waals surface area contributed by atoms with Gasteiger partial charge in [-0.2, -0.15) is 26.3 Å². The zero-order valence-corrected chi connectivity index (χ0v) is 21.7. The van der Waals surface area contributed by atoms with E-state index in [1.165, 1.54) is 18.6 Å². The average Bonchev–Trinajstić information content (AvgIpc) is 3.37. The Bertz CT molecular complexity index is 1410. The summed E-state index contributed by atoms with van der Waals surface area (Å²) < 4.78 is 88.3. The molecule has 4 heterocycles. The molecule has 2 aliphatic rings. The molecule has 2 fully saturated rings. The first-order valence-electron chi connectivity index (χ1n) is 13.1. The van der Waals surface area contributed by atoms with Crippen molar-refractivity contribution in [2.24, 2.45) is 13.0 Å². The number of alkyl halides is 6. The zero-order valence-electron chi connectivity index (χ0n) is 21.7. The topological polar surface area (TPSA) is 83.3 Å². The lowest BCUT2D eigenvalue weighted by atomic mass is 9.74. The number of imidazole rings is 1. The number of amides is 1. The predicted octanol–water partition coefficient (Wildman–Crippen LogP) is 4.87. The summed E-state index contributed by atoms with van der Waals surface area (Å²) in [6.07, 6.45) is -5.07. The van der Waals surface area contributed by atoms with Gasteiger partial charge in [0.05, 0.1) is 34.9 Å². The highest BCUT2D eigenvalue weighted by atomic mass is 19.4. The van der Waals surface area contributed by atoms with Crippen LogP contribution in [0.3, 0.4) is 0 Å². The number of aromatic nitrogens is 3. The number of aryl methyl sites for hydroxylation is 1. The van der Waals surface area contributed by atoms with Crippen molar-refractivity contribution >= 4 is 16.8 Å². The molecule has 13 heteroatoms. The van der Waals surface area contributed by atoms with Gasteiger partial charge in [0, 0.05) is 31.4 Å². The predicted molar refractivity (Wildman–Crippen MR) is 133 cm³/mol. The summed E-state index contributed by atoms with van der Waals surface area (Å²) in [5.41, 5.74) is -7.05. The fourth-order valence-corrected chi connectivity index (χ4v) is 6.02. The highest BCUT2D eigenvalue weighted by Crippen LogP contribution is 2.46. The summed E-state index contributed by atoms with van der Waals surface area (Å²) in [6, 6.07) is 3.39. The smallest absolute Gasteiger partial charge is 0.378 e. The van der Waals surface area contributed by atoms with Crippen LogP contribution in [0.5, 0.6) is 0 Å². The minimum atomic E-state index is -5.32. The number of hydrogen-bond acceptors (Lipinski definition) is 5. The number of aliphatic hydroxyl groups is 1. The maximum atomic E-state index is 14.7. The van der Waals surface area contributed by atoms with Crippen molar-refractivity contribution in [1.82, 2.24) is 24.8 Å². The molecule has 2 N–H and O–H groups in total. The minimum absolute atomic E-state index is 0.0546. The molecule has 216 valence electrons. The molecule has 1 unspecified atom stereocenters. The normalized spacial score (nSPS) is 19.1. The molecule has 40 heavy (non-hydrogen) atoms. The molecule has 1 aromatic carbocycles. The van der Waals surface area contributed by atoms with E-state index in [1.54, 1.807) is 11.6 Å². The average molecular weight is 570 g/mol. The number of benzene rings is 1. The lowest BCUT2D eigenvalue weighted by molar-refractivity contribution is -0.145. The van der Waals surface area contributed by atoms with Gasteiger partial charge in [0.2, 0.25) is 0 Å². The van der Waals surface area contributed by atoms with Gasteiger partial charge in [-0.1, -0.05) is 6.07 Å². The largest absolute Gasteiger partial charge is 0.434 e. The first kappa shape index (κ1) is 28.3. The van der Waals surface area contributed by atoms with Gasteiger partial charge in [-0.05, 0) is 62.9 Å². The van der Waals surface area contributed by atoms with E-state index in [4.69, 9.17) is 0 Å². The number of nitrogens with zero attached hydrogens (tertiary/aromatic N) is 4. The van der Waals surface area contributed by atoms with E-state index in [0.29, 0.717) is 44.5 Å². The van der Waals surface area contributed by atoms with Gasteiger partial charge in [0.25, 0.3) is 5.91 Å². The molecule has 0 saturated carbocycles. The molecule has 0 radical (unpaired) electrons. The third kappa shape index (κ3) is 4.93. The van der Waals surface area contributed by atoms with Crippen molar-refractivity contribution in [2.75, 3.05) is 26.2 Å². The van der Waals surface area contributed by atoms with Crippen LogP contribution in [-0.2, 0) is 25.0 Å². The number of halogens is 6. The first-order valence-corrected chi connectivity index (χ1v) is 13.1. The molecule has 5 rings (SSSR count). The number of carbonyl (C=O) groups is 1. The molecule has 2 aliphatic heterocycles. The van der Waals surface area contributed by atoms with Crippen LogP contribution >= 0.6 is 0 Å². The van der Waals surface area contributed by atoms with Crippen molar-refractivity contribution in [1.29, 1.82) is 0 Å². The molecule has 7 nitrogen and oxygen atoms in total. The van der Waals surface area contributed by atoms with E-state index in [1.807, 2.05) is 0 Å². The van der Waals surface area contributed by atoms with Crippen LogP contribution in [0.2, 0.25) is 0 Å². The summed E-state index contributed by atoms with van der Waals surface area (Å²) in [5, 5.41) is 14.7. The molecule has 3 aromatic rings. The number of rotatable bonds is 4. The van der Waals surface area contributed by atoms with Crippen molar-refractivity contribution in [3.05, 3.63) is 58.8 Å². The second-order valence-electron chi connectivity index (χ2n) is 10.5. The summed E-state index contributed by atoms with van der Waals surface area (Å²) in [6.45, 7) is 1.25. The fourth-order valence-electron chi connectivity index (χ4n) is 6.02. The lowest BCUT2D eigenvalue weighted by Gasteiger charge is -2.39. The Morgan fingerprint density at radius 2 is 1.70 bits per heavy atom. The van der Waals surface area contributed by atoms with Gasteiger partial charge in [-0.25, -0.2) is 9.97 Å². The molecule has 1 atom stereocenters. The Morgan fingerprint density at radius 1 is 1.02 bits per heavy atom. The van der Waals surface area contributed by atoms with Gasteiger partial charge < -0.3 is 19.9 Å². The molecule has 2 aromatic heterocycles. The Kier molecular flexibility index (Phi) is 7.32. The molecule has 2 saturated heterocycles. The quantitative estimate of drug-likeness (QED) is 0.439. The van der Waals surface area contributed by atoms with E-state index in [9.17, 15) is 36.2 Å². The minimum Gasteiger partial charge on any atom is -0.378 e. The Balaban J connectivity index is 1.80. The highest BCUT2D eigenvalue weighted by Gasteiger charge is 2.48. The van der Waals surface area contributed by atoms with Crippen LogP contribution in [0, 0.1) is 5.92 Å². The standard InChI is InChI=1S/C27H29F6N5O2/c1-37-15-35-14-20(37)25(40,16-7-9-34-10-8-16)17-5-6-19-18(13-17)22(26(28,29)30)21(23(36-19)27(31,32)33)24(39)38-11-3-2-4-12-38/h5-6,13-16,34,40H,2-4,7-12H2,1H3. The summed E-state index contributed by atoms with van der Waals surface area (Å²) in [5.74, 6) is -1.77. The summed E-state index contributed by atoms with van der Waals surface area (Å²) >= 11 is 0. The van der Waals surface area contributed by atoms with Gasteiger partial charge in [0.1, 0.15) is 5.60 Å². The van der Waals surface area contributed by atoms with E-state index >= 15 is 0 Å². The number of carbonyl (C=O) groups excluding carboxylic acids is 1. The molecule has 0 spiro atoms. The van der Waals surface area contributed by atoms with Gasteiger partial charge in [-0.3, -0.25) is 4.79 Å². The van der Waals surface area contributed by atoms with Crippen molar-refractivity contribution in [3.8, 4) is 0 Å². The molecule has 1 amide bonds. The fraction of sp³-hybridized carbons (Fsp3) is 0.519. The van der Waals surface area contributed by atoms with Crippen LogP contribution in [0.25, 0.3) is 10.9 Å². The highest BCUT2D eigenvalue weighted by molar-refractivity contribution is 6.02. The Morgan fingerprint density at radius 3 is 2.27 bits per heavy atom. The summed E-state index contributed by atoms with van der Waals surface area (Å²) in [4.78, 5) is 22.0. The van der Waals surface area contributed by atoms with Crippen LogP contribution in [-0.4, -0.2) is 56.6 Å². The van der Waals surface area contributed by atoms with Crippen molar-refractivity contribution in [3.63, 3.8) is 0 Å². The maximum absolute atomic E-state index is 14.7. The summed E-state index contributed by atoms with van der Waals surface area (Å²) in [7, 11) is 1.64. The molecule has 0 bridgehead atoms. The van der Waals surface area contributed by atoms with Gasteiger partial charge in [0.15, 0.2) is 5.69 Å². The maximum Gasteiger partial charge on any atom is 0.434 e.